The number of fused-ring (bicyclic) bond motifs is 1. The molecule has 4 nitrogen and oxygen atoms in total. The van der Waals surface area contributed by atoms with Crippen LogP contribution in [0.1, 0.15) is 18.1 Å². The number of carbonyl (C=O) groups is 1. The van der Waals surface area contributed by atoms with E-state index in [9.17, 15) is 23.1 Å². The Bertz CT molecular complexity index is 823. The molecule has 1 aliphatic heterocycles. The lowest BCUT2D eigenvalue weighted by molar-refractivity contribution is -0.135. The fourth-order valence-electron chi connectivity index (χ4n) is 3.21. The molecule has 25 heavy (non-hydrogen) atoms. The van der Waals surface area contributed by atoms with E-state index in [1.54, 1.807) is 0 Å². The minimum absolute atomic E-state index is 0.107. The molecule has 7 heteroatoms. The number of β-amino-alcohol motifs (C(OH)–C–C–N with tert-alkyl or cyclic N) is 1. The van der Waals surface area contributed by atoms with Crippen molar-refractivity contribution < 1.29 is 27.8 Å². The number of hydrogen-bond donors (Lipinski definition) is 1. The fourth-order valence-corrected chi connectivity index (χ4v) is 3.21. The molecule has 0 saturated carbocycles. The Balaban J connectivity index is 2.31. The van der Waals surface area contributed by atoms with E-state index in [1.165, 1.54) is 32.2 Å². The SMILES string of the molecule is CO[C@]1(c2ccc(F)cc2)C(=O)N(C[C@H](C)O)c2ccc(F)c(F)c21. The van der Waals surface area contributed by atoms with Crippen LogP contribution in [-0.4, -0.2) is 30.8 Å². The van der Waals surface area contributed by atoms with Gasteiger partial charge in [0.05, 0.1) is 23.9 Å². The second-order valence-corrected chi connectivity index (χ2v) is 5.91. The third kappa shape index (κ3) is 2.51. The third-order valence-electron chi connectivity index (χ3n) is 4.27. The summed E-state index contributed by atoms with van der Waals surface area (Å²) in [4.78, 5) is 14.3. The lowest BCUT2D eigenvalue weighted by Gasteiger charge is -2.28. The van der Waals surface area contributed by atoms with Gasteiger partial charge in [-0.25, -0.2) is 13.2 Å². The van der Waals surface area contributed by atoms with Crippen molar-refractivity contribution in [1.82, 2.24) is 0 Å². The van der Waals surface area contributed by atoms with Gasteiger partial charge in [-0.15, -0.1) is 0 Å². The number of carbonyl (C=O) groups excluding carboxylic acids is 1. The number of halogens is 3. The summed E-state index contributed by atoms with van der Waals surface area (Å²) in [6.07, 6.45) is -0.897. The number of anilines is 1. The van der Waals surface area contributed by atoms with Crippen LogP contribution in [0.25, 0.3) is 0 Å². The molecule has 1 heterocycles. The van der Waals surface area contributed by atoms with Crippen LogP contribution < -0.4 is 4.90 Å². The highest BCUT2D eigenvalue weighted by atomic mass is 19.2. The van der Waals surface area contributed by atoms with Crippen molar-refractivity contribution in [3.63, 3.8) is 0 Å². The van der Waals surface area contributed by atoms with Crippen LogP contribution in [0.5, 0.6) is 0 Å². The fraction of sp³-hybridized carbons (Fsp3) is 0.278. The smallest absolute Gasteiger partial charge is 0.268 e. The zero-order valence-corrected chi connectivity index (χ0v) is 13.6. The molecule has 0 spiro atoms. The van der Waals surface area contributed by atoms with Crippen LogP contribution in [0.3, 0.4) is 0 Å². The number of methoxy groups -OCH3 is 1. The van der Waals surface area contributed by atoms with Gasteiger partial charge in [-0.05, 0) is 36.8 Å². The van der Waals surface area contributed by atoms with E-state index in [0.29, 0.717) is 0 Å². The molecule has 0 radical (unpaired) electrons. The van der Waals surface area contributed by atoms with Gasteiger partial charge in [0.1, 0.15) is 5.82 Å². The van der Waals surface area contributed by atoms with Crippen molar-refractivity contribution in [3.8, 4) is 0 Å². The van der Waals surface area contributed by atoms with Crippen LogP contribution in [0, 0.1) is 17.5 Å². The first kappa shape index (κ1) is 17.4. The number of benzene rings is 2. The normalized spacial score (nSPS) is 20.7. The first-order valence-corrected chi connectivity index (χ1v) is 7.62. The number of ether oxygens (including phenoxy) is 1. The topological polar surface area (TPSA) is 49.8 Å². The zero-order chi connectivity index (χ0) is 18.4. The Morgan fingerprint density at radius 1 is 1.16 bits per heavy atom. The van der Waals surface area contributed by atoms with Crippen molar-refractivity contribution in [2.24, 2.45) is 0 Å². The van der Waals surface area contributed by atoms with Crippen LogP contribution in [-0.2, 0) is 15.1 Å². The predicted molar refractivity (Wildman–Crippen MR) is 84.6 cm³/mol. The highest BCUT2D eigenvalue weighted by molar-refractivity contribution is 6.09. The maximum Gasteiger partial charge on any atom is 0.268 e. The average molecular weight is 351 g/mol. The Morgan fingerprint density at radius 2 is 1.80 bits per heavy atom. The summed E-state index contributed by atoms with van der Waals surface area (Å²) in [5.74, 6) is -3.57. The Kier molecular flexibility index (Phi) is 4.30. The zero-order valence-electron chi connectivity index (χ0n) is 13.6. The minimum atomic E-state index is -1.95. The van der Waals surface area contributed by atoms with Gasteiger partial charge in [0, 0.05) is 7.11 Å². The molecule has 0 unspecified atom stereocenters. The van der Waals surface area contributed by atoms with E-state index in [4.69, 9.17) is 4.74 Å². The van der Waals surface area contributed by atoms with Gasteiger partial charge in [-0.1, -0.05) is 12.1 Å². The number of amides is 1. The van der Waals surface area contributed by atoms with Crippen LogP contribution in [0.15, 0.2) is 36.4 Å². The molecule has 2 aromatic rings. The van der Waals surface area contributed by atoms with Crippen LogP contribution >= 0.6 is 0 Å². The summed E-state index contributed by atoms with van der Waals surface area (Å²) in [7, 11) is 1.20. The third-order valence-corrected chi connectivity index (χ3v) is 4.27. The molecule has 3 rings (SSSR count). The molecular weight excluding hydrogens is 335 g/mol. The van der Waals surface area contributed by atoms with E-state index in [1.807, 2.05) is 0 Å². The standard InChI is InChI=1S/C18H16F3NO3/c1-10(23)9-22-14-8-7-13(20)16(21)15(14)18(25-2,17(22)24)11-3-5-12(19)6-4-11/h3-8,10,23H,9H2,1-2H3/t10-,18-/m0/s1. The molecule has 0 bridgehead atoms. The Labute approximate surface area is 142 Å². The second kappa shape index (κ2) is 6.16. The van der Waals surface area contributed by atoms with Crippen LogP contribution in [0.2, 0.25) is 0 Å². The molecule has 0 aliphatic carbocycles. The van der Waals surface area contributed by atoms with Gasteiger partial charge >= 0.3 is 0 Å². The Hall–Kier alpha value is -2.38. The number of aliphatic hydroxyl groups is 1. The predicted octanol–water partition coefficient (Wildman–Crippen LogP) is 2.72. The van der Waals surface area contributed by atoms with Crippen molar-refractivity contribution in [3.05, 3.63) is 65.0 Å². The van der Waals surface area contributed by atoms with Gasteiger partial charge in [-0.2, -0.15) is 0 Å². The lowest BCUT2D eigenvalue weighted by Crippen LogP contribution is -2.45. The molecule has 0 aromatic heterocycles. The molecular formula is C18H16F3NO3. The summed E-state index contributed by atoms with van der Waals surface area (Å²) in [6.45, 7) is 1.35. The van der Waals surface area contributed by atoms with Gasteiger partial charge in [0.25, 0.3) is 5.91 Å². The second-order valence-electron chi connectivity index (χ2n) is 5.91. The maximum atomic E-state index is 14.7. The first-order valence-electron chi connectivity index (χ1n) is 7.62. The molecule has 0 saturated heterocycles. The molecule has 1 N–H and O–H groups in total. The quantitative estimate of drug-likeness (QED) is 0.922. The summed E-state index contributed by atoms with van der Waals surface area (Å²) < 4.78 is 47.2. The highest BCUT2D eigenvalue weighted by Gasteiger charge is 2.55. The largest absolute Gasteiger partial charge is 0.392 e. The number of aliphatic hydroxyl groups excluding tert-OH is 1. The van der Waals surface area contributed by atoms with E-state index >= 15 is 0 Å². The van der Waals surface area contributed by atoms with Gasteiger partial charge in [-0.3, -0.25) is 4.79 Å². The lowest BCUT2D eigenvalue weighted by atomic mass is 9.86. The first-order chi connectivity index (χ1) is 11.8. The molecule has 2 atom stereocenters. The van der Waals surface area contributed by atoms with Crippen molar-refractivity contribution in [1.29, 1.82) is 0 Å². The van der Waals surface area contributed by atoms with Gasteiger partial charge in [0.2, 0.25) is 5.60 Å². The van der Waals surface area contributed by atoms with Gasteiger partial charge < -0.3 is 14.7 Å². The summed E-state index contributed by atoms with van der Waals surface area (Å²) >= 11 is 0. The van der Waals surface area contributed by atoms with E-state index in [-0.39, 0.29) is 23.4 Å². The highest BCUT2D eigenvalue weighted by Crippen LogP contribution is 2.48. The van der Waals surface area contributed by atoms with Crippen LogP contribution in [0.4, 0.5) is 18.9 Å². The number of hydrogen-bond acceptors (Lipinski definition) is 3. The van der Waals surface area contributed by atoms with Crippen molar-refractivity contribution in [2.75, 3.05) is 18.6 Å². The summed E-state index contributed by atoms with van der Waals surface area (Å²) in [6, 6.07) is 6.97. The Morgan fingerprint density at radius 3 is 2.36 bits per heavy atom. The molecule has 0 fully saturated rings. The molecule has 2 aromatic carbocycles. The van der Waals surface area contributed by atoms with E-state index in [0.717, 1.165) is 23.1 Å². The van der Waals surface area contributed by atoms with E-state index < -0.39 is 35.1 Å². The maximum absolute atomic E-state index is 14.7. The number of rotatable bonds is 4. The summed E-state index contributed by atoms with van der Waals surface area (Å²) in [5.41, 5.74) is -1.96. The van der Waals surface area contributed by atoms with Gasteiger partial charge in [0.15, 0.2) is 11.6 Å². The number of nitrogens with zero attached hydrogens (tertiary/aromatic N) is 1. The van der Waals surface area contributed by atoms with Crippen molar-refractivity contribution >= 4 is 11.6 Å². The van der Waals surface area contributed by atoms with E-state index in [2.05, 4.69) is 0 Å². The molecule has 132 valence electrons. The molecule has 1 amide bonds. The average Bonchev–Trinajstić information content (AvgIpc) is 2.81. The molecule has 1 aliphatic rings. The van der Waals surface area contributed by atoms with Crippen molar-refractivity contribution in [2.45, 2.75) is 18.6 Å². The minimum Gasteiger partial charge on any atom is -0.392 e. The summed E-state index contributed by atoms with van der Waals surface area (Å²) in [5, 5.41) is 9.68. The monoisotopic (exact) mass is 351 g/mol.